The van der Waals surface area contributed by atoms with Gasteiger partial charge in [-0.2, -0.15) is 0 Å². The summed E-state index contributed by atoms with van der Waals surface area (Å²) >= 11 is 7.46. The molecule has 2 rings (SSSR count). The van der Waals surface area contributed by atoms with Gasteiger partial charge in [-0.25, -0.2) is 0 Å². The molecule has 0 unspecified atom stereocenters. The molecule has 1 aromatic heterocycles. The van der Waals surface area contributed by atoms with E-state index < -0.39 is 0 Å². The van der Waals surface area contributed by atoms with Crippen LogP contribution in [0.2, 0.25) is 0 Å². The van der Waals surface area contributed by atoms with E-state index >= 15 is 0 Å². The highest BCUT2D eigenvalue weighted by Gasteiger charge is 2.07. The molecule has 0 amide bonds. The monoisotopic (exact) mass is 226 g/mol. The van der Waals surface area contributed by atoms with Crippen molar-refractivity contribution in [2.45, 2.75) is 19.4 Å². The number of halogens is 1. The fraction of sp³-hybridized carbons (Fsp3) is 0.273. The number of hydrogen-bond acceptors (Lipinski definition) is 2. The Morgan fingerprint density at radius 3 is 2.86 bits per heavy atom. The van der Waals surface area contributed by atoms with Crippen LogP contribution >= 0.6 is 22.9 Å². The van der Waals surface area contributed by atoms with Crippen molar-refractivity contribution in [3.05, 3.63) is 34.2 Å². The summed E-state index contributed by atoms with van der Waals surface area (Å²) in [5.41, 5.74) is 2.23. The number of benzene rings is 1. The van der Waals surface area contributed by atoms with Crippen LogP contribution in [0.1, 0.15) is 16.0 Å². The molecule has 2 aromatic rings. The average Bonchev–Trinajstić information content (AvgIpc) is 2.63. The lowest BCUT2D eigenvalue weighted by Crippen LogP contribution is -1.83. The van der Waals surface area contributed by atoms with E-state index in [0.29, 0.717) is 5.88 Å². The first kappa shape index (κ1) is 9.97. The molecule has 0 radical (unpaired) electrons. The molecule has 74 valence electrons. The van der Waals surface area contributed by atoms with Crippen LogP contribution in [0.5, 0.6) is 0 Å². The summed E-state index contributed by atoms with van der Waals surface area (Å²) in [5, 5.41) is 10.4. The maximum atomic E-state index is 9.18. The predicted molar refractivity (Wildman–Crippen MR) is 62.0 cm³/mol. The Kier molecular flexibility index (Phi) is 2.77. The third kappa shape index (κ3) is 1.54. The van der Waals surface area contributed by atoms with Crippen LogP contribution in [0.15, 0.2) is 18.2 Å². The van der Waals surface area contributed by atoms with Crippen LogP contribution in [0.4, 0.5) is 0 Å². The number of aliphatic hydroxyl groups is 1. The smallest absolute Gasteiger partial charge is 0.0695 e. The maximum absolute atomic E-state index is 9.18. The molecule has 0 fully saturated rings. The molecule has 1 N–H and O–H groups in total. The van der Waals surface area contributed by atoms with E-state index in [1.165, 1.54) is 15.6 Å². The van der Waals surface area contributed by atoms with E-state index in [-0.39, 0.29) is 6.61 Å². The molecule has 14 heavy (non-hydrogen) atoms. The predicted octanol–water partition coefficient (Wildman–Crippen LogP) is 3.44. The SMILES string of the molecule is Cc1ccc(CO)c2sc(CCl)cc12. The minimum absolute atomic E-state index is 0.0962. The zero-order valence-electron chi connectivity index (χ0n) is 7.88. The summed E-state index contributed by atoms with van der Waals surface area (Å²) in [6, 6.07) is 6.13. The van der Waals surface area contributed by atoms with Gasteiger partial charge in [0, 0.05) is 9.58 Å². The highest BCUT2D eigenvalue weighted by Crippen LogP contribution is 2.32. The standard InChI is InChI=1S/C11H11ClOS/c1-7-2-3-8(6-13)11-10(7)4-9(5-12)14-11/h2-4,13H,5-6H2,1H3. The van der Waals surface area contributed by atoms with E-state index in [4.69, 9.17) is 11.6 Å². The molecule has 0 aliphatic carbocycles. The number of thiophene rings is 1. The Morgan fingerprint density at radius 2 is 2.21 bits per heavy atom. The number of rotatable bonds is 2. The van der Waals surface area contributed by atoms with Crippen LogP contribution in [-0.4, -0.2) is 5.11 Å². The fourth-order valence-electron chi connectivity index (χ4n) is 1.55. The number of fused-ring (bicyclic) bond motifs is 1. The van der Waals surface area contributed by atoms with Gasteiger partial charge in [-0.3, -0.25) is 0 Å². The highest BCUT2D eigenvalue weighted by atomic mass is 35.5. The summed E-state index contributed by atoms with van der Waals surface area (Å²) in [6.45, 7) is 2.17. The van der Waals surface area contributed by atoms with Gasteiger partial charge >= 0.3 is 0 Å². The Bertz CT molecular complexity index is 462. The van der Waals surface area contributed by atoms with Crippen molar-refractivity contribution < 1.29 is 5.11 Å². The number of aliphatic hydroxyl groups excluding tert-OH is 1. The second kappa shape index (κ2) is 3.89. The summed E-state index contributed by atoms with van der Waals surface area (Å²) in [6.07, 6.45) is 0. The molecular formula is C11H11ClOS. The Labute approximate surface area is 91.9 Å². The minimum Gasteiger partial charge on any atom is -0.392 e. The largest absolute Gasteiger partial charge is 0.392 e. The highest BCUT2D eigenvalue weighted by molar-refractivity contribution is 7.19. The molecule has 0 aliphatic rings. The molecule has 0 saturated heterocycles. The van der Waals surface area contributed by atoms with Crippen molar-refractivity contribution in [2.75, 3.05) is 0 Å². The summed E-state index contributed by atoms with van der Waals surface area (Å²) < 4.78 is 1.17. The quantitative estimate of drug-likeness (QED) is 0.778. The fourth-order valence-corrected chi connectivity index (χ4v) is 2.88. The van der Waals surface area contributed by atoms with Crippen molar-refractivity contribution in [1.82, 2.24) is 0 Å². The second-order valence-corrected chi connectivity index (χ2v) is 4.69. The van der Waals surface area contributed by atoms with Crippen molar-refractivity contribution in [1.29, 1.82) is 0 Å². The lowest BCUT2D eigenvalue weighted by atomic mass is 10.1. The van der Waals surface area contributed by atoms with Crippen LogP contribution in [0.3, 0.4) is 0 Å². The van der Waals surface area contributed by atoms with E-state index in [1.54, 1.807) is 11.3 Å². The Hall–Kier alpha value is -0.570. The molecule has 0 spiro atoms. The van der Waals surface area contributed by atoms with Crippen LogP contribution in [0.25, 0.3) is 10.1 Å². The van der Waals surface area contributed by atoms with Gasteiger partial charge in [-0.15, -0.1) is 22.9 Å². The average molecular weight is 227 g/mol. The number of aryl methyl sites for hydroxylation is 1. The van der Waals surface area contributed by atoms with Crippen molar-refractivity contribution in [3.63, 3.8) is 0 Å². The summed E-state index contributed by atoms with van der Waals surface area (Å²) in [7, 11) is 0. The third-order valence-electron chi connectivity index (χ3n) is 2.34. The third-order valence-corrected chi connectivity index (χ3v) is 3.99. The van der Waals surface area contributed by atoms with Gasteiger partial charge < -0.3 is 5.11 Å². The first-order valence-electron chi connectivity index (χ1n) is 4.44. The molecule has 0 aliphatic heterocycles. The van der Waals surface area contributed by atoms with Crippen LogP contribution in [0, 0.1) is 6.92 Å². The van der Waals surface area contributed by atoms with Gasteiger partial charge in [-0.05, 0) is 29.5 Å². The zero-order valence-corrected chi connectivity index (χ0v) is 9.45. The molecule has 3 heteroatoms. The maximum Gasteiger partial charge on any atom is 0.0695 e. The lowest BCUT2D eigenvalue weighted by molar-refractivity contribution is 0.283. The molecular weight excluding hydrogens is 216 g/mol. The van der Waals surface area contributed by atoms with Crippen molar-refractivity contribution in [2.24, 2.45) is 0 Å². The van der Waals surface area contributed by atoms with E-state index in [9.17, 15) is 5.11 Å². The number of alkyl halides is 1. The molecule has 1 nitrogen and oxygen atoms in total. The zero-order chi connectivity index (χ0) is 10.1. The number of hydrogen-bond donors (Lipinski definition) is 1. The lowest BCUT2D eigenvalue weighted by Gasteiger charge is -2.00. The minimum atomic E-state index is 0.0962. The molecule has 1 aromatic carbocycles. The summed E-state index contributed by atoms with van der Waals surface area (Å²) in [4.78, 5) is 1.16. The van der Waals surface area contributed by atoms with Gasteiger partial charge in [0.1, 0.15) is 0 Å². The van der Waals surface area contributed by atoms with E-state index in [2.05, 4.69) is 13.0 Å². The Morgan fingerprint density at radius 1 is 1.43 bits per heavy atom. The molecule has 0 saturated carbocycles. The Balaban J connectivity index is 2.74. The summed E-state index contributed by atoms with van der Waals surface area (Å²) in [5.74, 6) is 0.545. The van der Waals surface area contributed by atoms with E-state index in [1.807, 2.05) is 12.1 Å². The topological polar surface area (TPSA) is 20.2 Å². The van der Waals surface area contributed by atoms with Crippen LogP contribution in [-0.2, 0) is 12.5 Å². The van der Waals surface area contributed by atoms with Gasteiger partial charge in [0.15, 0.2) is 0 Å². The van der Waals surface area contributed by atoms with Gasteiger partial charge in [-0.1, -0.05) is 12.1 Å². The first-order valence-corrected chi connectivity index (χ1v) is 5.79. The van der Waals surface area contributed by atoms with Crippen molar-refractivity contribution >= 4 is 33.0 Å². The van der Waals surface area contributed by atoms with Gasteiger partial charge in [0.05, 0.1) is 12.5 Å². The van der Waals surface area contributed by atoms with Crippen molar-refractivity contribution in [3.8, 4) is 0 Å². The molecule has 0 atom stereocenters. The van der Waals surface area contributed by atoms with Gasteiger partial charge in [0.2, 0.25) is 0 Å². The van der Waals surface area contributed by atoms with E-state index in [0.717, 1.165) is 10.4 Å². The molecule has 0 bridgehead atoms. The van der Waals surface area contributed by atoms with Crippen LogP contribution < -0.4 is 0 Å². The normalized spacial score (nSPS) is 11.1. The first-order chi connectivity index (χ1) is 6.76. The molecule has 1 heterocycles. The van der Waals surface area contributed by atoms with Gasteiger partial charge in [0.25, 0.3) is 0 Å². The second-order valence-electron chi connectivity index (χ2n) is 3.29.